The smallest absolute Gasteiger partial charge is 0.123 e. The second-order valence-corrected chi connectivity index (χ2v) is 6.62. The van der Waals surface area contributed by atoms with Crippen molar-refractivity contribution in [3.05, 3.63) is 71.6 Å². The topological polar surface area (TPSA) is 30.5 Å². The second kappa shape index (κ2) is 6.89. The fourth-order valence-electron chi connectivity index (χ4n) is 3.91. The van der Waals surface area contributed by atoms with Gasteiger partial charge in [0, 0.05) is 18.7 Å². The molecule has 0 aromatic heterocycles. The van der Waals surface area contributed by atoms with Gasteiger partial charge in [0.05, 0.1) is 12.6 Å². The van der Waals surface area contributed by atoms with Gasteiger partial charge in [0.15, 0.2) is 0 Å². The molecule has 2 aliphatic rings. The van der Waals surface area contributed by atoms with Gasteiger partial charge in [0.2, 0.25) is 0 Å². The van der Waals surface area contributed by atoms with Gasteiger partial charge in [-0.1, -0.05) is 24.3 Å². The molecule has 0 bridgehead atoms. The minimum absolute atomic E-state index is 0.188. The predicted molar refractivity (Wildman–Crippen MR) is 96.6 cm³/mol. The molecule has 4 rings (SSSR count). The number of nitrogens with one attached hydrogen (secondary N) is 1. The van der Waals surface area contributed by atoms with E-state index in [-0.39, 0.29) is 11.9 Å². The molecular formula is C21H22FNO2. The number of methoxy groups -OCH3 is 1. The van der Waals surface area contributed by atoms with E-state index in [1.807, 2.05) is 18.2 Å². The zero-order valence-electron chi connectivity index (χ0n) is 14.2. The van der Waals surface area contributed by atoms with Crippen LogP contribution >= 0.6 is 0 Å². The highest BCUT2D eigenvalue weighted by molar-refractivity contribution is 5.61. The van der Waals surface area contributed by atoms with Gasteiger partial charge in [-0.25, -0.2) is 4.39 Å². The number of hydrogen-bond donors (Lipinski definition) is 1. The van der Waals surface area contributed by atoms with Crippen molar-refractivity contribution in [2.75, 3.05) is 25.6 Å². The molecule has 0 fully saturated rings. The van der Waals surface area contributed by atoms with Crippen LogP contribution in [0.3, 0.4) is 0 Å². The number of hydrogen-bond acceptors (Lipinski definition) is 3. The lowest BCUT2D eigenvalue weighted by molar-refractivity contribution is 0.146. The number of benzene rings is 2. The fraction of sp³-hybridized carbons (Fsp3) is 0.333. The number of ether oxygens (including phenoxy) is 2. The molecule has 25 heavy (non-hydrogen) atoms. The normalized spacial score (nSPS) is 23.7. The van der Waals surface area contributed by atoms with Crippen LogP contribution in [0.1, 0.15) is 29.5 Å². The van der Waals surface area contributed by atoms with E-state index in [0.717, 1.165) is 23.4 Å². The predicted octanol–water partition coefficient (Wildman–Crippen LogP) is 4.68. The third kappa shape index (κ3) is 3.14. The highest BCUT2D eigenvalue weighted by Gasteiger charge is 2.37. The third-order valence-corrected chi connectivity index (χ3v) is 5.12. The molecule has 0 radical (unpaired) electrons. The molecular weight excluding hydrogens is 317 g/mol. The summed E-state index contributed by atoms with van der Waals surface area (Å²) in [5, 5.41) is 3.66. The first-order valence-electron chi connectivity index (χ1n) is 8.70. The van der Waals surface area contributed by atoms with Crippen LogP contribution in [-0.4, -0.2) is 20.3 Å². The van der Waals surface area contributed by atoms with Crippen molar-refractivity contribution in [1.29, 1.82) is 0 Å². The number of halogens is 1. The molecule has 0 saturated heterocycles. The molecule has 0 amide bonds. The number of anilines is 1. The minimum atomic E-state index is -0.195. The van der Waals surface area contributed by atoms with Crippen LogP contribution in [-0.2, 0) is 4.74 Å². The second-order valence-electron chi connectivity index (χ2n) is 6.62. The van der Waals surface area contributed by atoms with Gasteiger partial charge in [-0.2, -0.15) is 0 Å². The van der Waals surface area contributed by atoms with Crippen LogP contribution in [0.15, 0.2) is 54.6 Å². The van der Waals surface area contributed by atoms with Crippen molar-refractivity contribution >= 4 is 5.69 Å². The van der Waals surface area contributed by atoms with Crippen LogP contribution in [0.5, 0.6) is 5.75 Å². The van der Waals surface area contributed by atoms with Gasteiger partial charge in [0.25, 0.3) is 0 Å². The summed E-state index contributed by atoms with van der Waals surface area (Å²) in [7, 11) is 1.67. The SMILES string of the molecule is COCCOc1ccc2c(c1)C1C=CCC1C(c1ccc(F)cc1)N2. The van der Waals surface area contributed by atoms with E-state index in [4.69, 9.17) is 9.47 Å². The summed E-state index contributed by atoms with van der Waals surface area (Å²) < 4.78 is 24.1. The quantitative estimate of drug-likeness (QED) is 0.634. The molecule has 1 aliphatic heterocycles. The van der Waals surface area contributed by atoms with Crippen LogP contribution in [0.25, 0.3) is 0 Å². The lowest BCUT2D eigenvalue weighted by atomic mass is 9.77. The van der Waals surface area contributed by atoms with Crippen LogP contribution in [0.4, 0.5) is 10.1 Å². The van der Waals surface area contributed by atoms with Crippen molar-refractivity contribution in [3.63, 3.8) is 0 Å². The lowest BCUT2D eigenvalue weighted by Crippen LogP contribution is -2.29. The maximum absolute atomic E-state index is 13.3. The lowest BCUT2D eigenvalue weighted by Gasteiger charge is -2.37. The van der Waals surface area contributed by atoms with Crippen molar-refractivity contribution < 1.29 is 13.9 Å². The van der Waals surface area contributed by atoms with E-state index < -0.39 is 0 Å². The molecule has 130 valence electrons. The zero-order valence-corrected chi connectivity index (χ0v) is 14.2. The van der Waals surface area contributed by atoms with E-state index in [1.54, 1.807) is 7.11 Å². The Balaban J connectivity index is 1.63. The minimum Gasteiger partial charge on any atom is -0.491 e. The standard InChI is InChI=1S/C21H22FNO2/c1-24-11-12-25-16-9-10-20-19(13-16)17-3-2-4-18(17)21(23-20)14-5-7-15(22)8-6-14/h2-3,5-10,13,17-18,21,23H,4,11-12H2,1H3. The Morgan fingerprint density at radius 1 is 1.12 bits per heavy atom. The average Bonchev–Trinajstić information content (AvgIpc) is 3.12. The Labute approximate surface area is 147 Å². The van der Waals surface area contributed by atoms with Crippen LogP contribution in [0.2, 0.25) is 0 Å². The first kappa shape index (κ1) is 16.2. The van der Waals surface area contributed by atoms with Gasteiger partial charge < -0.3 is 14.8 Å². The Bertz CT molecular complexity index is 772. The molecule has 1 heterocycles. The molecule has 1 N–H and O–H groups in total. The van der Waals surface area contributed by atoms with Gasteiger partial charge >= 0.3 is 0 Å². The highest BCUT2D eigenvalue weighted by atomic mass is 19.1. The Kier molecular flexibility index (Phi) is 4.45. The van der Waals surface area contributed by atoms with E-state index in [2.05, 4.69) is 29.6 Å². The van der Waals surface area contributed by atoms with Crippen LogP contribution < -0.4 is 10.1 Å². The molecule has 2 aromatic rings. The summed E-state index contributed by atoms with van der Waals surface area (Å²) in [6, 6.07) is 13.2. The maximum Gasteiger partial charge on any atom is 0.123 e. The van der Waals surface area contributed by atoms with Gasteiger partial charge in [-0.15, -0.1) is 0 Å². The molecule has 1 aliphatic carbocycles. The number of rotatable bonds is 5. The zero-order chi connectivity index (χ0) is 17.2. The summed E-state index contributed by atoms with van der Waals surface area (Å²) in [6.45, 7) is 1.12. The summed E-state index contributed by atoms with van der Waals surface area (Å²) in [4.78, 5) is 0. The molecule has 0 saturated carbocycles. The van der Waals surface area contributed by atoms with Gasteiger partial charge in [0.1, 0.15) is 18.2 Å². The first-order valence-corrected chi connectivity index (χ1v) is 8.70. The summed E-state index contributed by atoms with van der Waals surface area (Å²) in [5.74, 6) is 1.47. The first-order chi connectivity index (χ1) is 12.3. The monoisotopic (exact) mass is 339 g/mol. The average molecular weight is 339 g/mol. The van der Waals surface area contributed by atoms with Gasteiger partial charge in [-0.3, -0.25) is 0 Å². The summed E-state index contributed by atoms with van der Waals surface area (Å²) in [6.07, 6.45) is 5.56. The molecule has 2 aromatic carbocycles. The number of fused-ring (bicyclic) bond motifs is 3. The largest absolute Gasteiger partial charge is 0.491 e. The van der Waals surface area contributed by atoms with Crippen molar-refractivity contribution in [2.24, 2.45) is 5.92 Å². The van der Waals surface area contributed by atoms with E-state index >= 15 is 0 Å². The Hall–Kier alpha value is -2.33. The Morgan fingerprint density at radius 3 is 2.76 bits per heavy atom. The summed E-state index contributed by atoms with van der Waals surface area (Å²) >= 11 is 0. The molecule has 3 atom stereocenters. The van der Waals surface area contributed by atoms with Gasteiger partial charge in [-0.05, 0) is 53.8 Å². The van der Waals surface area contributed by atoms with E-state index in [0.29, 0.717) is 25.0 Å². The third-order valence-electron chi connectivity index (χ3n) is 5.12. The number of allylic oxidation sites excluding steroid dienone is 2. The molecule has 3 nitrogen and oxygen atoms in total. The molecule has 3 unspecified atom stereocenters. The van der Waals surface area contributed by atoms with E-state index in [9.17, 15) is 4.39 Å². The van der Waals surface area contributed by atoms with E-state index in [1.165, 1.54) is 17.7 Å². The van der Waals surface area contributed by atoms with Crippen molar-refractivity contribution in [2.45, 2.75) is 18.4 Å². The van der Waals surface area contributed by atoms with Crippen molar-refractivity contribution in [3.8, 4) is 5.75 Å². The fourth-order valence-corrected chi connectivity index (χ4v) is 3.91. The maximum atomic E-state index is 13.3. The van der Waals surface area contributed by atoms with Crippen molar-refractivity contribution in [1.82, 2.24) is 0 Å². The highest BCUT2D eigenvalue weighted by Crippen LogP contribution is 2.50. The Morgan fingerprint density at radius 2 is 1.96 bits per heavy atom. The molecule has 0 spiro atoms. The van der Waals surface area contributed by atoms with Crippen LogP contribution in [0, 0.1) is 11.7 Å². The summed E-state index contributed by atoms with van der Waals surface area (Å²) in [5.41, 5.74) is 3.53. The molecule has 4 heteroatoms.